The number of benzene rings is 2. The van der Waals surface area contributed by atoms with Crippen molar-refractivity contribution < 1.29 is 9.32 Å². The molecule has 7 heteroatoms. The monoisotopic (exact) mass is 389 g/mol. The normalized spacial score (nSPS) is 11.0. The first kappa shape index (κ1) is 18.5. The molecule has 2 N–H and O–H groups in total. The van der Waals surface area contributed by atoms with Crippen LogP contribution in [0.1, 0.15) is 16.7 Å². The first-order chi connectivity index (χ1) is 13.9. The number of anilines is 1. The average molecular weight is 389 g/mol. The number of aromatic amines is 1. The number of nitrogens with zero attached hydrogens (tertiary/aromatic N) is 1. The second-order valence-corrected chi connectivity index (χ2v) is 6.97. The molecular weight excluding hydrogens is 370 g/mol. The van der Waals surface area contributed by atoms with Gasteiger partial charge in [-0.1, -0.05) is 29.8 Å². The van der Waals surface area contributed by atoms with E-state index in [0.29, 0.717) is 16.5 Å². The smallest absolute Gasteiger partial charge is 0.337 e. The zero-order valence-electron chi connectivity index (χ0n) is 16.0. The Morgan fingerprint density at radius 1 is 1.07 bits per heavy atom. The van der Waals surface area contributed by atoms with E-state index < -0.39 is 5.63 Å². The highest BCUT2D eigenvalue weighted by Gasteiger charge is 2.12. The van der Waals surface area contributed by atoms with Crippen LogP contribution in [-0.2, 0) is 11.2 Å². The molecule has 7 nitrogen and oxygen atoms in total. The van der Waals surface area contributed by atoms with Crippen molar-refractivity contribution in [3.05, 3.63) is 92.2 Å². The maximum atomic E-state index is 12.8. The summed E-state index contributed by atoms with van der Waals surface area (Å²) in [6.07, 6.45) is 1.78. The Morgan fingerprint density at radius 2 is 1.90 bits per heavy atom. The first-order valence-electron chi connectivity index (χ1n) is 9.11. The zero-order chi connectivity index (χ0) is 20.5. The van der Waals surface area contributed by atoms with Gasteiger partial charge in [-0.25, -0.2) is 9.95 Å². The van der Waals surface area contributed by atoms with Gasteiger partial charge in [0.2, 0.25) is 5.91 Å². The minimum Gasteiger partial charge on any atom is -0.337 e. The summed E-state index contributed by atoms with van der Waals surface area (Å²) in [7, 11) is 0. The van der Waals surface area contributed by atoms with Gasteiger partial charge < -0.3 is 9.84 Å². The molecule has 146 valence electrons. The van der Waals surface area contributed by atoms with Crippen LogP contribution in [0.5, 0.6) is 0 Å². The molecule has 0 radical (unpaired) electrons. The molecule has 2 aromatic carbocycles. The van der Waals surface area contributed by atoms with Gasteiger partial charge in [0, 0.05) is 22.7 Å². The van der Waals surface area contributed by atoms with Crippen molar-refractivity contribution >= 4 is 22.4 Å². The van der Waals surface area contributed by atoms with E-state index >= 15 is 0 Å². The molecule has 0 aliphatic heterocycles. The molecule has 0 bridgehead atoms. The quantitative estimate of drug-likeness (QED) is 0.561. The minimum atomic E-state index is -0.570. The Hall–Kier alpha value is -3.87. The fourth-order valence-corrected chi connectivity index (χ4v) is 3.33. The molecule has 4 aromatic rings. The molecule has 29 heavy (non-hydrogen) atoms. The summed E-state index contributed by atoms with van der Waals surface area (Å²) in [5.41, 5.74) is 2.78. The van der Waals surface area contributed by atoms with E-state index in [1.54, 1.807) is 24.3 Å². The van der Waals surface area contributed by atoms with Crippen molar-refractivity contribution in [2.75, 3.05) is 5.32 Å². The van der Waals surface area contributed by atoms with Crippen LogP contribution in [0.4, 0.5) is 5.69 Å². The number of aromatic nitrogens is 2. The Morgan fingerprint density at radius 3 is 2.66 bits per heavy atom. The number of H-pyrrole nitrogens is 1. The number of carbonyl (C=O) groups is 1. The number of fused-ring (bicyclic) bond motifs is 1. The van der Waals surface area contributed by atoms with Crippen LogP contribution >= 0.6 is 0 Å². The third-order valence-electron chi connectivity index (χ3n) is 4.85. The second-order valence-electron chi connectivity index (χ2n) is 6.97. The highest BCUT2D eigenvalue weighted by molar-refractivity contribution is 6.02. The number of hydrogen-bond donors (Lipinski definition) is 2. The van der Waals surface area contributed by atoms with Crippen molar-refractivity contribution in [1.82, 2.24) is 9.72 Å². The minimum absolute atomic E-state index is 0.158. The Labute approximate surface area is 165 Å². The van der Waals surface area contributed by atoms with Gasteiger partial charge in [0.15, 0.2) is 5.82 Å². The first-order valence-corrected chi connectivity index (χ1v) is 9.11. The fraction of sp³-hybridized carbons (Fsp3) is 0.136. The van der Waals surface area contributed by atoms with Crippen molar-refractivity contribution in [3.63, 3.8) is 0 Å². The maximum Gasteiger partial charge on any atom is 0.359 e. The predicted octanol–water partition coefficient (Wildman–Crippen LogP) is 3.07. The van der Waals surface area contributed by atoms with Crippen LogP contribution < -0.4 is 16.5 Å². The molecular formula is C22H19N3O4. The highest BCUT2D eigenvalue weighted by Crippen LogP contribution is 2.22. The summed E-state index contributed by atoms with van der Waals surface area (Å²) >= 11 is 0. The Balaban J connectivity index is 1.67. The van der Waals surface area contributed by atoms with Crippen LogP contribution in [0.15, 0.2) is 68.8 Å². The lowest BCUT2D eigenvalue weighted by atomic mass is 10.0. The molecule has 0 aliphatic rings. The summed E-state index contributed by atoms with van der Waals surface area (Å²) in [6.45, 7) is 3.96. The van der Waals surface area contributed by atoms with Gasteiger partial charge in [0.1, 0.15) is 0 Å². The summed E-state index contributed by atoms with van der Waals surface area (Å²) in [5, 5.41) is 6.36. The summed E-state index contributed by atoms with van der Waals surface area (Å²) in [4.78, 5) is 36.7. The molecule has 0 saturated carbocycles. The van der Waals surface area contributed by atoms with E-state index in [9.17, 15) is 14.4 Å². The lowest BCUT2D eigenvalue weighted by Gasteiger charge is -2.11. The SMILES string of the molecule is Cc1ccc(C)c(CC(=O)Nc2cccc3c(=O)n(-c4cc(=O)o[nH]4)ccc23)c1. The van der Waals surface area contributed by atoms with Crippen molar-refractivity contribution in [3.8, 4) is 5.82 Å². The largest absolute Gasteiger partial charge is 0.359 e. The molecule has 2 heterocycles. The second kappa shape index (κ2) is 7.27. The molecule has 1 amide bonds. The molecule has 2 aromatic heterocycles. The summed E-state index contributed by atoms with van der Waals surface area (Å²) in [6, 6.07) is 14.1. The van der Waals surface area contributed by atoms with Crippen LogP contribution in [0, 0.1) is 13.8 Å². The summed E-state index contributed by atoms with van der Waals surface area (Å²) < 4.78 is 5.93. The number of rotatable bonds is 4. The molecule has 0 fully saturated rings. The van der Waals surface area contributed by atoms with Gasteiger partial charge in [0.05, 0.1) is 12.5 Å². The maximum absolute atomic E-state index is 12.8. The van der Waals surface area contributed by atoms with E-state index in [-0.39, 0.29) is 23.7 Å². The van der Waals surface area contributed by atoms with Crippen molar-refractivity contribution in [1.29, 1.82) is 0 Å². The predicted molar refractivity (Wildman–Crippen MR) is 111 cm³/mol. The number of carbonyl (C=O) groups excluding carboxylic acids is 1. The van der Waals surface area contributed by atoms with Crippen LogP contribution in [0.3, 0.4) is 0 Å². The van der Waals surface area contributed by atoms with Gasteiger partial charge in [-0.15, -0.1) is 0 Å². The van der Waals surface area contributed by atoms with Crippen LogP contribution in [0.25, 0.3) is 16.6 Å². The number of nitrogens with one attached hydrogen (secondary N) is 2. The van der Waals surface area contributed by atoms with Crippen LogP contribution in [-0.4, -0.2) is 15.6 Å². The molecule has 0 aliphatic carbocycles. The molecule has 4 rings (SSSR count). The number of pyridine rings is 1. The lowest BCUT2D eigenvalue weighted by Crippen LogP contribution is -2.19. The van der Waals surface area contributed by atoms with Gasteiger partial charge in [-0.05, 0) is 43.2 Å². The molecule has 0 spiro atoms. The third kappa shape index (κ3) is 3.62. The van der Waals surface area contributed by atoms with E-state index in [2.05, 4.69) is 15.0 Å². The van der Waals surface area contributed by atoms with E-state index in [4.69, 9.17) is 0 Å². The van der Waals surface area contributed by atoms with Crippen LogP contribution in [0.2, 0.25) is 0 Å². The topological polar surface area (TPSA) is 97.1 Å². The highest BCUT2D eigenvalue weighted by atomic mass is 16.5. The van der Waals surface area contributed by atoms with Crippen molar-refractivity contribution in [2.24, 2.45) is 0 Å². The number of amides is 1. The lowest BCUT2D eigenvalue weighted by molar-refractivity contribution is -0.115. The standard InChI is InChI=1S/C22H19N3O4/c1-13-6-7-14(2)15(10-13)11-20(26)23-18-5-3-4-17-16(18)8-9-25(22(17)28)19-12-21(27)29-24-19/h3-10,12,24H,11H2,1-2H3,(H,23,26). The average Bonchev–Trinajstić information content (AvgIpc) is 3.11. The van der Waals surface area contributed by atoms with Gasteiger partial charge in [0.25, 0.3) is 5.56 Å². The Bertz CT molecular complexity index is 1340. The van der Waals surface area contributed by atoms with E-state index in [0.717, 1.165) is 16.7 Å². The number of hydrogen-bond acceptors (Lipinski definition) is 4. The zero-order valence-corrected chi connectivity index (χ0v) is 16.0. The third-order valence-corrected chi connectivity index (χ3v) is 4.85. The fourth-order valence-electron chi connectivity index (χ4n) is 3.33. The molecule has 0 atom stereocenters. The van der Waals surface area contributed by atoms with E-state index in [1.807, 2.05) is 32.0 Å². The van der Waals surface area contributed by atoms with Gasteiger partial charge in [-0.3, -0.25) is 14.2 Å². The van der Waals surface area contributed by atoms with Gasteiger partial charge >= 0.3 is 5.63 Å². The van der Waals surface area contributed by atoms with Gasteiger partial charge in [-0.2, -0.15) is 0 Å². The number of aryl methyl sites for hydroxylation is 2. The van der Waals surface area contributed by atoms with E-state index in [1.165, 1.54) is 16.8 Å². The molecule has 0 unspecified atom stereocenters. The molecule has 0 saturated heterocycles. The Kier molecular flexibility index (Phi) is 4.64. The summed E-state index contributed by atoms with van der Waals surface area (Å²) in [5.74, 6) is 0.0841. The van der Waals surface area contributed by atoms with Crippen molar-refractivity contribution in [2.45, 2.75) is 20.3 Å².